The number of benzene rings is 1. The average Bonchev–Trinajstić information content (AvgIpc) is 3.26. The number of furan rings is 1. The second-order valence-corrected chi connectivity index (χ2v) is 5.86. The fourth-order valence-corrected chi connectivity index (χ4v) is 2.25. The third kappa shape index (κ3) is 4.25. The first-order valence-corrected chi connectivity index (χ1v) is 8.04. The summed E-state index contributed by atoms with van der Waals surface area (Å²) in [6, 6.07) is 8.51. The molecule has 0 saturated heterocycles. The Bertz CT molecular complexity index is 920. The Morgan fingerprint density at radius 1 is 1.38 bits per heavy atom. The second-order valence-electron chi connectivity index (χ2n) is 5.46. The summed E-state index contributed by atoms with van der Waals surface area (Å²) in [6.45, 7) is 3.55. The van der Waals surface area contributed by atoms with Gasteiger partial charge in [0, 0.05) is 5.56 Å². The first-order valence-electron chi connectivity index (χ1n) is 7.66. The van der Waals surface area contributed by atoms with Gasteiger partial charge in [0.05, 0.1) is 22.9 Å². The Hall–Kier alpha value is -3.20. The molecule has 0 fully saturated rings. The van der Waals surface area contributed by atoms with Crippen molar-refractivity contribution in [1.29, 1.82) is 0 Å². The van der Waals surface area contributed by atoms with Crippen molar-refractivity contribution in [2.24, 2.45) is 5.10 Å². The predicted octanol–water partition coefficient (Wildman–Crippen LogP) is 3.12. The number of hydrazone groups is 1. The van der Waals surface area contributed by atoms with E-state index in [1.54, 1.807) is 44.2 Å². The summed E-state index contributed by atoms with van der Waals surface area (Å²) in [5.41, 5.74) is 3.56. The molecule has 0 spiro atoms. The number of tetrazole rings is 1. The van der Waals surface area contributed by atoms with E-state index in [-0.39, 0.29) is 17.6 Å². The molecule has 0 bridgehead atoms. The summed E-state index contributed by atoms with van der Waals surface area (Å²) in [6.07, 6.45) is 1.23. The molecule has 2 aromatic heterocycles. The summed E-state index contributed by atoms with van der Waals surface area (Å²) in [7, 11) is 0. The Kier molecular flexibility index (Phi) is 5.28. The zero-order valence-corrected chi connectivity index (χ0v) is 14.7. The van der Waals surface area contributed by atoms with E-state index in [0.717, 1.165) is 0 Å². The minimum atomic E-state index is -0.482. The van der Waals surface area contributed by atoms with Crippen molar-refractivity contribution >= 4 is 29.7 Å². The van der Waals surface area contributed by atoms with Gasteiger partial charge in [0.25, 0.3) is 5.95 Å². The van der Waals surface area contributed by atoms with Crippen molar-refractivity contribution in [3.8, 4) is 11.3 Å². The standard InChI is InChI=1S/C16H15ClN6O3/c1-9(2)25-15(24)12-7-10(3-5-13(12)17)14-6-4-11(26-14)8-18-19-16-20-22-23-21-16/h3-9H,1-2H3,(H2,19,20,21,22,23)/b18-8+. The van der Waals surface area contributed by atoms with Crippen LogP contribution in [0.1, 0.15) is 30.0 Å². The molecule has 0 saturated carbocycles. The summed E-state index contributed by atoms with van der Waals surface area (Å²) in [5, 5.41) is 17.3. The number of carbonyl (C=O) groups is 1. The van der Waals surface area contributed by atoms with Crippen LogP contribution in [0.2, 0.25) is 5.02 Å². The maximum absolute atomic E-state index is 12.1. The van der Waals surface area contributed by atoms with Crippen molar-refractivity contribution in [2.45, 2.75) is 20.0 Å². The highest BCUT2D eigenvalue weighted by Crippen LogP contribution is 2.27. The predicted molar refractivity (Wildman–Crippen MR) is 95.1 cm³/mol. The van der Waals surface area contributed by atoms with Crippen LogP contribution in [0.3, 0.4) is 0 Å². The fourth-order valence-electron chi connectivity index (χ4n) is 2.05. The molecule has 0 amide bonds. The maximum atomic E-state index is 12.1. The number of hydrogen-bond acceptors (Lipinski definition) is 8. The van der Waals surface area contributed by atoms with Crippen molar-refractivity contribution in [3.63, 3.8) is 0 Å². The van der Waals surface area contributed by atoms with Crippen molar-refractivity contribution < 1.29 is 13.9 Å². The highest BCUT2D eigenvalue weighted by atomic mass is 35.5. The Balaban J connectivity index is 1.76. The molecule has 0 radical (unpaired) electrons. The fraction of sp³-hybridized carbons (Fsp3) is 0.188. The average molecular weight is 375 g/mol. The van der Waals surface area contributed by atoms with Gasteiger partial charge in [-0.15, -0.1) is 5.10 Å². The third-order valence-corrected chi connectivity index (χ3v) is 3.47. The van der Waals surface area contributed by atoms with Crippen LogP contribution in [0.4, 0.5) is 5.95 Å². The molecule has 0 unspecified atom stereocenters. The van der Waals surface area contributed by atoms with E-state index in [2.05, 4.69) is 31.2 Å². The van der Waals surface area contributed by atoms with E-state index in [0.29, 0.717) is 22.1 Å². The van der Waals surface area contributed by atoms with E-state index >= 15 is 0 Å². The molecule has 2 heterocycles. The largest absolute Gasteiger partial charge is 0.459 e. The summed E-state index contributed by atoms with van der Waals surface area (Å²) < 4.78 is 10.9. The molecule has 134 valence electrons. The Morgan fingerprint density at radius 3 is 2.96 bits per heavy atom. The lowest BCUT2D eigenvalue weighted by molar-refractivity contribution is 0.0378. The third-order valence-electron chi connectivity index (χ3n) is 3.14. The van der Waals surface area contributed by atoms with Gasteiger partial charge in [-0.3, -0.25) is 0 Å². The molecule has 3 rings (SSSR count). The first-order chi connectivity index (χ1) is 12.5. The van der Waals surface area contributed by atoms with Crippen LogP contribution in [0.5, 0.6) is 0 Å². The number of hydrogen-bond donors (Lipinski definition) is 2. The number of halogens is 1. The van der Waals surface area contributed by atoms with Gasteiger partial charge in [0.2, 0.25) is 0 Å². The SMILES string of the molecule is CC(C)OC(=O)c1cc(-c2ccc(/C=N/Nc3nn[nH]n3)o2)ccc1Cl. The van der Waals surface area contributed by atoms with E-state index in [4.69, 9.17) is 20.8 Å². The van der Waals surface area contributed by atoms with E-state index in [1.807, 2.05) is 0 Å². The van der Waals surface area contributed by atoms with Crippen molar-refractivity contribution in [1.82, 2.24) is 20.6 Å². The van der Waals surface area contributed by atoms with Crippen LogP contribution in [-0.2, 0) is 4.74 Å². The number of aromatic nitrogens is 4. The zero-order valence-electron chi connectivity index (χ0n) is 13.9. The minimum absolute atomic E-state index is 0.235. The Labute approximate surface area is 153 Å². The number of aromatic amines is 1. The molecule has 26 heavy (non-hydrogen) atoms. The quantitative estimate of drug-likeness (QED) is 0.386. The highest BCUT2D eigenvalue weighted by Gasteiger charge is 2.15. The van der Waals surface area contributed by atoms with Crippen LogP contribution in [0.15, 0.2) is 39.9 Å². The second kappa shape index (κ2) is 7.79. The topological polar surface area (TPSA) is 118 Å². The summed E-state index contributed by atoms with van der Waals surface area (Å²) in [5.74, 6) is 0.807. The number of ether oxygens (including phenoxy) is 1. The number of nitrogens with zero attached hydrogens (tertiary/aromatic N) is 4. The van der Waals surface area contributed by atoms with Gasteiger partial charge in [-0.2, -0.15) is 10.3 Å². The normalized spacial score (nSPS) is 11.2. The van der Waals surface area contributed by atoms with Gasteiger partial charge in [-0.05, 0) is 49.4 Å². The van der Waals surface area contributed by atoms with Crippen LogP contribution in [0, 0.1) is 0 Å². The molecule has 3 aromatic rings. The Morgan fingerprint density at radius 2 is 2.23 bits per heavy atom. The zero-order chi connectivity index (χ0) is 18.5. The molecule has 0 aliphatic carbocycles. The van der Waals surface area contributed by atoms with Crippen LogP contribution in [-0.4, -0.2) is 38.9 Å². The van der Waals surface area contributed by atoms with Gasteiger partial charge >= 0.3 is 5.97 Å². The molecule has 9 nitrogen and oxygen atoms in total. The number of rotatable bonds is 6. The molecule has 2 N–H and O–H groups in total. The lowest BCUT2D eigenvalue weighted by Gasteiger charge is -2.09. The smallest absolute Gasteiger partial charge is 0.339 e. The molecule has 0 aliphatic rings. The number of anilines is 1. The van der Waals surface area contributed by atoms with Gasteiger partial charge in [0.15, 0.2) is 0 Å². The molecule has 10 heteroatoms. The summed E-state index contributed by atoms with van der Waals surface area (Å²) >= 11 is 6.10. The van der Waals surface area contributed by atoms with Crippen LogP contribution < -0.4 is 5.43 Å². The van der Waals surface area contributed by atoms with Gasteiger partial charge in [-0.25, -0.2) is 10.2 Å². The number of esters is 1. The first kappa shape index (κ1) is 17.6. The number of carbonyl (C=O) groups excluding carboxylic acids is 1. The maximum Gasteiger partial charge on any atom is 0.339 e. The molecular formula is C16H15ClN6O3. The summed E-state index contributed by atoms with van der Waals surface area (Å²) in [4.78, 5) is 12.1. The van der Waals surface area contributed by atoms with Crippen molar-refractivity contribution in [3.05, 3.63) is 46.7 Å². The van der Waals surface area contributed by atoms with Crippen LogP contribution in [0.25, 0.3) is 11.3 Å². The van der Waals surface area contributed by atoms with Gasteiger partial charge < -0.3 is 9.15 Å². The number of H-pyrrole nitrogens is 1. The van der Waals surface area contributed by atoms with E-state index in [9.17, 15) is 4.79 Å². The lowest BCUT2D eigenvalue weighted by atomic mass is 10.1. The minimum Gasteiger partial charge on any atom is -0.459 e. The lowest BCUT2D eigenvalue weighted by Crippen LogP contribution is -2.12. The van der Waals surface area contributed by atoms with E-state index < -0.39 is 5.97 Å². The van der Waals surface area contributed by atoms with Gasteiger partial charge in [0.1, 0.15) is 11.5 Å². The molecule has 1 aromatic carbocycles. The molecule has 0 atom stereocenters. The van der Waals surface area contributed by atoms with Crippen LogP contribution >= 0.6 is 11.6 Å². The monoisotopic (exact) mass is 374 g/mol. The van der Waals surface area contributed by atoms with E-state index in [1.165, 1.54) is 6.21 Å². The number of nitrogens with one attached hydrogen (secondary N) is 2. The molecule has 0 aliphatic heterocycles. The highest BCUT2D eigenvalue weighted by molar-refractivity contribution is 6.33. The van der Waals surface area contributed by atoms with Crippen molar-refractivity contribution in [2.75, 3.05) is 5.43 Å². The van der Waals surface area contributed by atoms with Gasteiger partial charge in [-0.1, -0.05) is 16.7 Å². The molecular weight excluding hydrogens is 360 g/mol.